The van der Waals surface area contributed by atoms with Gasteiger partial charge >= 0.3 is 6.18 Å². The Kier molecular flexibility index (Phi) is 11.2. The van der Waals surface area contributed by atoms with Crippen molar-refractivity contribution in [1.82, 2.24) is 15.5 Å². The van der Waals surface area contributed by atoms with Gasteiger partial charge in [0, 0.05) is 13.6 Å². The van der Waals surface area contributed by atoms with Gasteiger partial charge in [-0.3, -0.25) is 4.79 Å². The second kappa shape index (κ2) is 10.6. The molecule has 0 heterocycles. The van der Waals surface area contributed by atoms with Crippen LogP contribution in [0.25, 0.3) is 0 Å². The first-order chi connectivity index (χ1) is 8.80. The molecule has 9 heteroatoms. The van der Waals surface area contributed by atoms with E-state index in [9.17, 15) is 18.0 Å². The highest BCUT2D eigenvalue weighted by molar-refractivity contribution is 14.0. The van der Waals surface area contributed by atoms with Crippen molar-refractivity contribution in [1.29, 1.82) is 0 Å². The minimum atomic E-state index is -4.42. The van der Waals surface area contributed by atoms with Gasteiger partial charge in [0.05, 0.1) is 6.54 Å². The summed E-state index contributed by atoms with van der Waals surface area (Å²) in [6.45, 7) is 0.883. The summed E-state index contributed by atoms with van der Waals surface area (Å²) in [6, 6.07) is 0. The van der Waals surface area contributed by atoms with Gasteiger partial charge in [0.25, 0.3) is 0 Å². The first kappa shape index (κ1) is 21.1. The topological polar surface area (TPSA) is 56.7 Å². The quantitative estimate of drug-likeness (QED) is 0.308. The lowest BCUT2D eigenvalue weighted by Crippen LogP contribution is -2.40. The van der Waals surface area contributed by atoms with Crippen LogP contribution in [0.2, 0.25) is 0 Å². The zero-order chi connectivity index (χ0) is 14.9. The molecule has 20 heavy (non-hydrogen) atoms. The molecule has 0 aliphatic rings. The summed E-state index contributed by atoms with van der Waals surface area (Å²) in [5.74, 6) is 1.88. The van der Waals surface area contributed by atoms with Gasteiger partial charge in [0.2, 0.25) is 5.91 Å². The number of likely N-dealkylation sites (N-methyl/N-ethyl adjacent to an activating group) is 1. The predicted molar refractivity (Wildman–Crippen MR) is 81.9 cm³/mol. The van der Waals surface area contributed by atoms with Crippen LogP contribution in [0.4, 0.5) is 13.2 Å². The Hall–Kier alpha value is -1.18. The van der Waals surface area contributed by atoms with E-state index in [0.717, 1.165) is 7.05 Å². The van der Waals surface area contributed by atoms with Gasteiger partial charge in [-0.05, 0) is 6.92 Å². The number of carbonyl (C=O) groups is 1. The molecule has 0 aliphatic carbocycles. The van der Waals surface area contributed by atoms with Gasteiger partial charge in [-0.15, -0.1) is 30.4 Å². The molecule has 0 atom stereocenters. The Morgan fingerprint density at radius 1 is 1.40 bits per heavy atom. The van der Waals surface area contributed by atoms with Crippen LogP contribution >= 0.6 is 24.0 Å². The van der Waals surface area contributed by atoms with Gasteiger partial charge in [0.15, 0.2) is 5.96 Å². The molecule has 0 fully saturated rings. The van der Waals surface area contributed by atoms with Crippen molar-refractivity contribution in [2.75, 3.05) is 33.2 Å². The molecule has 5 nitrogen and oxygen atoms in total. The molecule has 0 aliphatic heterocycles. The Balaban J connectivity index is 0. The summed E-state index contributed by atoms with van der Waals surface area (Å²) >= 11 is 0. The highest BCUT2D eigenvalue weighted by Gasteiger charge is 2.30. The number of amides is 1. The first-order valence-electron chi connectivity index (χ1n) is 5.56. The van der Waals surface area contributed by atoms with Crippen molar-refractivity contribution in [2.24, 2.45) is 4.99 Å². The fraction of sp³-hybridized carbons (Fsp3) is 0.636. The Morgan fingerprint density at radius 3 is 2.45 bits per heavy atom. The SMILES string of the molecule is C#CCNC(=NCC(=O)N(C)CC(F)(F)F)NCC.I. The van der Waals surface area contributed by atoms with Crippen LogP contribution in [0.15, 0.2) is 4.99 Å². The molecule has 0 aromatic rings. The second-order valence-corrected chi connectivity index (χ2v) is 3.62. The van der Waals surface area contributed by atoms with Gasteiger partial charge < -0.3 is 15.5 Å². The molecule has 2 N–H and O–H groups in total. The Bertz CT molecular complexity index is 366. The van der Waals surface area contributed by atoms with E-state index >= 15 is 0 Å². The van der Waals surface area contributed by atoms with Crippen LogP contribution in [-0.2, 0) is 4.79 Å². The number of halogens is 4. The average molecular weight is 406 g/mol. The molecule has 116 valence electrons. The minimum Gasteiger partial charge on any atom is -0.357 e. The number of nitrogens with one attached hydrogen (secondary N) is 2. The molecule has 0 rings (SSSR count). The molecule has 0 spiro atoms. The third kappa shape index (κ3) is 10.7. The summed E-state index contributed by atoms with van der Waals surface area (Å²) < 4.78 is 36.2. The van der Waals surface area contributed by atoms with Crippen LogP contribution in [0.5, 0.6) is 0 Å². The zero-order valence-electron chi connectivity index (χ0n) is 11.3. The predicted octanol–water partition coefficient (Wildman–Crippen LogP) is 0.813. The lowest BCUT2D eigenvalue weighted by molar-refractivity contribution is -0.157. The number of rotatable bonds is 5. The van der Waals surface area contributed by atoms with Crippen LogP contribution in [-0.4, -0.2) is 56.2 Å². The van der Waals surface area contributed by atoms with Crippen molar-refractivity contribution in [3.8, 4) is 12.3 Å². The van der Waals surface area contributed by atoms with Crippen molar-refractivity contribution in [2.45, 2.75) is 13.1 Å². The van der Waals surface area contributed by atoms with Gasteiger partial charge in [0.1, 0.15) is 13.1 Å². The molecule has 1 amide bonds. The van der Waals surface area contributed by atoms with Crippen LogP contribution in [0.3, 0.4) is 0 Å². The first-order valence-corrected chi connectivity index (χ1v) is 5.56. The molecule has 0 saturated carbocycles. The van der Waals surface area contributed by atoms with Crippen LogP contribution < -0.4 is 10.6 Å². The van der Waals surface area contributed by atoms with E-state index in [1.165, 1.54) is 0 Å². The molecule has 0 unspecified atom stereocenters. The van der Waals surface area contributed by atoms with Crippen LogP contribution in [0.1, 0.15) is 6.92 Å². The van der Waals surface area contributed by atoms with Gasteiger partial charge in [-0.25, -0.2) is 4.99 Å². The van der Waals surface area contributed by atoms with Crippen molar-refractivity contribution in [3.05, 3.63) is 0 Å². The maximum atomic E-state index is 12.1. The van der Waals surface area contributed by atoms with E-state index in [1.54, 1.807) is 0 Å². The summed E-state index contributed by atoms with van der Waals surface area (Å²) in [6.07, 6.45) is 0.635. The number of hydrogen-bond acceptors (Lipinski definition) is 2. The normalized spacial score (nSPS) is 11.1. The third-order valence-electron chi connectivity index (χ3n) is 1.92. The monoisotopic (exact) mass is 406 g/mol. The van der Waals surface area contributed by atoms with E-state index < -0.39 is 18.6 Å². The highest BCUT2D eigenvalue weighted by atomic mass is 127. The number of terminal acetylenes is 1. The summed E-state index contributed by atoms with van der Waals surface area (Å²) in [7, 11) is 1.08. The number of guanidine groups is 1. The van der Waals surface area contributed by atoms with Crippen molar-refractivity contribution in [3.63, 3.8) is 0 Å². The fourth-order valence-corrected chi connectivity index (χ4v) is 1.10. The number of nitrogens with zero attached hydrogens (tertiary/aromatic N) is 2. The van der Waals surface area contributed by atoms with Crippen LogP contribution in [0, 0.1) is 12.3 Å². The van der Waals surface area contributed by atoms with Gasteiger partial charge in [-0.2, -0.15) is 13.2 Å². The molecule has 0 bridgehead atoms. The Labute approximate surface area is 133 Å². The number of aliphatic imine (C=N–C) groups is 1. The van der Waals surface area contributed by atoms with E-state index in [4.69, 9.17) is 6.42 Å². The fourth-order valence-electron chi connectivity index (χ4n) is 1.10. The summed E-state index contributed by atoms with van der Waals surface area (Å²) in [4.78, 5) is 15.8. The summed E-state index contributed by atoms with van der Waals surface area (Å²) in [5.41, 5.74) is 0. The van der Waals surface area contributed by atoms with E-state index in [1.807, 2.05) is 6.92 Å². The van der Waals surface area contributed by atoms with Gasteiger partial charge in [-0.1, -0.05) is 5.92 Å². The van der Waals surface area contributed by atoms with Crippen molar-refractivity contribution < 1.29 is 18.0 Å². The maximum absolute atomic E-state index is 12.1. The molecule has 0 aromatic heterocycles. The minimum absolute atomic E-state index is 0. The van der Waals surface area contributed by atoms with E-state index in [2.05, 4.69) is 21.5 Å². The van der Waals surface area contributed by atoms with E-state index in [-0.39, 0.29) is 43.0 Å². The number of alkyl halides is 3. The number of hydrogen-bond donors (Lipinski definition) is 2. The third-order valence-corrected chi connectivity index (χ3v) is 1.92. The Morgan fingerprint density at radius 2 is 2.00 bits per heavy atom. The van der Waals surface area contributed by atoms with E-state index in [0.29, 0.717) is 11.4 Å². The smallest absolute Gasteiger partial charge is 0.357 e. The molecule has 0 aromatic carbocycles. The lowest BCUT2D eigenvalue weighted by Gasteiger charge is -2.18. The summed E-state index contributed by atoms with van der Waals surface area (Å²) in [5, 5.41) is 5.53. The largest absolute Gasteiger partial charge is 0.406 e. The standard InChI is InChI=1S/C11H17F3N4O.HI/c1-4-6-16-10(15-5-2)17-7-9(19)18(3)8-11(12,13)14;/h1H,5-8H2,2-3H3,(H2,15,16,17);1H. The molecule has 0 radical (unpaired) electrons. The highest BCUT2D eigenvalue weighted by Crippen LogP contribution is 2.15. The zero-order valence-corrected chi connectivity index (χ0v) is 13.6. The molecule has 0 saturated heterocycles. The van der Waals surface area contributed by atoms with Crippen molar-refractivity contribution >= 4 is 35.8 Å². The number of carbonyl (C=O) groups excluding carboxylic acids is 1. The molecular weight excluding hydrogens is 388 g/mol. The average Bonchev–Trinajstić information content (AvgIpc) is 2.30. The molecular formula is C11H18F3IN4O. The maximum Gasteiger partial charge on any atom is 0.406 e. The second-order valence-electron chi connectivity index (χ2n) is 3.62. The lowest BCUT2D eigenvalue weighted by atomic mass is 10.5.